The molecular weight excluding hydrogens is 346 g/mol. The van der Waals surface area contributed by atoms with E-state index in [4.69, 9.17) is 11.6 Å². The largest absolute Gasteiger partial charge is 0.317 e. The zero-order valence-corrected chi connectivity index (χ0v) is 13.8. The molecule has 2 rings (SSSR count). The second kappa shape index (κ2) is 7.33. The van der Waals surface area contributed by atoms with Gasteiger partial charge in [0, 0.05) is 16.5 Å². The molecule has 0 radical (unpaired) electrons. The second-order valence-electron chi connectivity index (χ2n) is 4.08. The van der Waals surface area contributed by atoms with Crippen LogP contribution in [0.5, 0.6) is 0 Å². The third-order valence-corrected chi connectivity index (χ3v) is 4.46. The van der Waals surface area contributed by atoms with Gasteiger partial charge in [0.05, 0.1) is 5.02 Å². The molecule has 0 unspecified atom stereocenters. The summed E-state index contributed by atoms with van der Waals surface area (Å²) in [5, 5.41) is 14.4. The molecule has 1 aromatic carbocycles. The smallest absolute Gasteiger partial charge is 0.149 e. The Morgan fingerprint density at radius 2 is 2.21 bits per heavy atom. The number of nitrogens with zero attached hydrogens (tertiary/aromatic N) is 2. The fraction of sp³-hybridized carbons (Fsp3) is 0.385. The first-order valence-electron chi connectivity index (χ1n) is 6.19. The van der Waals surface area contributed by atoms with E-state index in [9.17, 15) is 0 Å². The molecular formula is C13H15BrClN3S. The zero-order valence-electron chi connectivity index (χ0n) is 10.6. The average Bonchev–Trinajstić information content (AvgIpc) is 2.86. The van der Waals surface area contributed by atoms with Crippen molar-refractivity contribution in [2.75, 3.05) is 13.1 Å². The maximum absolute atomic E-state index is 6.19. The number of hydrogen-bond acceptors (Lipinski definition) is 4. The monoisotopic (exact) mass is 359 g/mol. The molecule has 0 amide bonds. The summed E-state index contributed by atoms with van der Waals surface area (Å²) < 4.78 is 0.996. The van der Waals surface area contributed by atoms with Gasteiger partial charge in [-0.1, -0.05) is 45.8 Å². The van der Waals surface area contributed by atoms with Crippen LogP contribution in [-0.2, 0) is 6.42 Å². The van der Waals surface area contributed by atoms with Crippen LogP contribution in [0.15, 0.2) is 22.7 Å². The summed E-state index contributed by atoms with van der Waals surface area (Å²) in [6.07, 6.45) is 2.03. The van der Waals surface area contributed by atoms with E-state index in [1.165, 1.54) is 0 Å². The van der Waals surface area contributed by atoms with E-state index < -0.39 is 0 Å². The van der Waals surface area contributed by atoms with Gasteiger partial charge >= 0.3 is 0 Å². The summed E-state index contributed by atoms with van der Waals surface area (Å²) in [5.41, 5.74) is 0.937. The molecule has 102 valence electrons. The molecule has 1 N–H and O–H groups in total. The van der Waals surface area contributed by atoms with Crippen molar-refractivity contribution in [1.29, 1.82) is 0 Å². The number of aromatic nitrogens is 2. The van der Waals surface area contributed by atoms with E-state index in [0.29, 0.717) is 5.02 Å². The Morgan fingerprint density at radius 1 is 1.37 bits per heavy atom. The van der Waals surface area contributed by atoms with Crippen molar-refractivity contribution in [2.45, 2.75) is 19.8 Å². The fourth-order valence-electron chi connectivity index (χ4n) is 1.67. The van der Waals surface area contributed by atoms with Gasteiger partial charge in [0.1, 0.15) is 10.0 Å². The first-order chi connectivity index (χ1) is 9.20. The van der Waals surface area contributed by atoms with Crippen molar-refractivity contribution >= 4 is 38.9 Å². The van der Waals surface area contributed by atoms with Crippen molar-refractivity contribution in [3.8, 4) is 10.6 Å². The second-order valence-corrected chi connectivity index (χ2v) is 6.47. The highest BCUT2D eigenvalue weighted by molar-refractivity contribution is 9.10. The number of hydrogen-bond donors (Lipinski definition) is 1. The highest BCUT2D eigenvalue weighted by Gasteiger charge is 2.10. The van der Waals surface area contributed by atoms with Gasteiger partial charge in [-0.15, -0.1) is 10.2 Å². The van der Waals surface area contributed by atoms with E-state index in [-0.39, 0.29) is 0 Å². The van der Waals surface area contributed by atoms with Crippen LogP contribution >= 0.6 is 38.9 Å². The molecule has 0 bridgehead atoms. The average molecular weight is 361 g/mol. The molecule has 2 aromatic rings. The van der Waals surface area contributed by atoms with Gasteiger partial charge in [-0.2, -0.15) is 0 Å². The molecule has 3 nitrogen and oxygen atoms in total. The molecule has 0 fully saturated rings. The first kappa shape index (κ1) is 14.9. The van der Waals surface area contributed by atoms with Gasteiger partial charge in [0.25, 0.3) is 0 Å². The predicted molar refractivity (Wildman–Crippen MR) is 84.9 cm³/mol. The molecule has 0 atom stereocenters. The Hall–Kier alpha value is -0.490. The van der Waals surface area contributed by atoms with Crippen molar-refractivity contribution < 1.29 is 0 Å². The Balaban J connectivity index is 2.06. The number of benzene rings is 1. The minimum absolute atomic E-state index is 0.707. The van der Waals surface area contributed by atoms with Crippen LogP contribution in [0.4, 0.5) is 0 Å². The molecule has 0 aliphatic heterocycles. The van der Waals surface area contributed by atoms with Gasteiger partial charge in [-0.3, -0.25) is 0 Å². The number of nitrogens with one attached hydrogen (secondary N) is 1. The molecule has 0 aliphatic carbocycles. The summed E-state index contributed by atoms with van der Waals surface area (Å²) in [7, 11) is 0. The fourth-order valence-corrected chi connectivity index (χ4v) is 3.20. The molecule has 19 heavy (non-hydrogen) atoms. The van der Waals surface area contributed by atoms with Crippen LogP contribution in [0.25, 0.3) is 10.6 Å². The number of rotatable bonds is 6. The summed E-state index contributed by atoms with van der Waals surface area (Å²) in [5.74, 6) is 0. The lowest BCUT2D eigenvalue weighted by Crippen LogP contribution is -2.14. The Labute approximate surface area is 130 Å². The van der Waals surface area contributed by atoms with Crippen molar-refractivity contribution in [3.63, 3.8) is 0 Å². The van der Waals surface area contributed by atoms with Crippen LogP contribution in [0.3, 0.4) is 0 Å². The van der Waals surface area contributed by atoms with Crippen molar-refractivity contribution in [2.24, 2.45) is 0 Å². The van der Waals surface area contributed by atoms with Gasteiger partial charge in [0.15, 0.2) is 0 Å². The Bertz CT molecular complexity index is 544. The van der Waals surface area contributed by atoms with Crippen LogP contribution in [0, 0.1) is 0 Å². The summed E-state index contributed by atoms with van der Waals surface area (Å²) in [4.78, 5) is 0. The maximum Gasteiger partial charge on any atom is 0.149 e. The standard InChI is InChI=1S/C13H15BrClN3S/c1-2-16-7-3-4-12-17-18-13(19-12)10-8-9(14)5-6-11(10)15/h5-6,8,16H,2-4,7H2,1H3. The lowest BCUT2D eigenvalue weighted by Gasteiger charge is -2.00. The topological polar surface area (TPSA) is 37.8 Å². The predicted octanol–water partition coefficient (Wildman–Crippen LogP) is 4.16. The van der Waals surface area contributed by atoms with Crippen LogP contribution in [0.1, 0.15) is 18.4 Å². The number of halogens is 2. The van der Waals surface area contributed by atoms with Gasteiger partial charge in [0.2, 0.25) is 0 Å². The number of aryl methyl sites for hydroxylation is 1. The van der Waals surface area contributed by atoms with E-state index >= 15 is 0 Å². The van der Waals surface area contributed by atoms with Crippen molar-refractivity contribution in [1.82, 2.24) is 15.5 Å². The van der Waals surface area contributed by atoms with E-state index in [0.717, 1.165) is 46.0 Å². The lowest BCUT2D eigenvalue weighted by atomic mass is 10.2. The van der Waals surface area contributed by atoms with Gasteiger partial charge in [-0.05, 0) is 37.7 Å². The molecule has 1 heterocycles. The minimum atomic E-state index is 0.707. The molecule has 6 heteroatoms. The third-order valence-electron chi connectivity index (χ3n) is 2.62. The third kappa shape index (κ3) is 4.24. The minimum Gasteiger partial charge on any atom is -0.317 e. The first-order valence-corrected chi connectivity index (χ1v) is 8.18. The summed E-state index contributed by atoms with van der Waals surface area (Å²) in [6.45, 7) is 4.14. The summed E-state index contributed by atoms with van der Waals surface area (Å²) >= 11 is 11.3. The SMILES string of the molecule is CCNCCCc1nnc(-c2cc(Br)ccc2Cl)s1. The molecule has 0 saturated carbocycles. The van der Waals surface area contributed by atoms with Crippen LogP contribution < -0.4 is 5.32 Å². The Morgan fingerprint density at radius 3 is 3.00 bits per heavy atom. The van der Waals surface area contributed by atoms with Crippen LogP contribution in [0.2, 0.25) is 5.02 Å². The summed E-state index contributed by atoms with van der Waals surface area (Å²) in [6, 6.07) is 5.77. The maximum atomic E-state index is 6.19. The zero-order chi connectivity index (χ0) is 13.7. The van der Waals surface area contributed by atoms with Crippen molar-refractivity contribution in [3.05, 3.63) is 32.7 Å². The lowest BCUT2D eigenvalue weighted by molar-refractivity contribution is 0.669. The van der Waals surface area contributed by atoms with Crippen LogP contribution in [-0.4, -0.2) is 23.3 Å². The van der Waals surface area contributed by atoms with E-state index in [1.807, 2.05) is 18.2 Å². The molecule has 0 saturated heterocycles. The Kier molecular flexibility index (Phi) is 5.76. The molecule has 0 spiro atoms. The van der Waals surface area contributed by atoms with E-state index in [1.54, 1.807) is 11.3 Å². The molecule has 1 aromatic heterocycles. The van der Waals surface area contributed by atoms with E-state index in [2.05, 4.69) is 38.4 Å². The highest BCUT2D eigenvalue weighted by atomic mass is 79.9. The van der Waals surface area contributed by atoms with Gasteiger partial charge in [-0.25, -0.2) is 0 Å². The van der Waals surface area contributed by atoms with Gasteiger partial charge < -0.3 is 5.32 Å². The molecule has 0 aliphatic rings. The normalized spacial score (nSPS) is 10.9. The quantitative estimate of drug-likeness (QED) is 0.786. The highest BCUT2D eigenvalue weighted by Crippen LogP contribution is 2.32.